The topological polar surface area (TPSA) is 99.1 Å². The third kappa shape index (κ3) is 3.64. The third-order valence-electron chi connectivity index (χ3n) is 4.17. The lowest BCUT2D eigenvalue weighted by atomic mass is 9.94. The van der Waals surface area contributed by atoms with E-state index in [0.717, 1.165) is 5.56 Å². The van der Waals surface area contributed by atoms with Crippen molar-refractivity contribution in [3.8, 4) is 29.7 Å². The summed E-state index contributed by atoms with van der Waals surface area (Å²) in [6.07, 6.45) is 3.50. The van der Waals surface area contributed by atoms with Gasteiger partial charge >= 0.3 is 0 Å². The van der Waals surface area contributed by atoms with Gasteiger partial charge in [0.15, 0.2) is 11.3 Å². The molecule has 0 unspecified atom stereocenters. The van der Waals surface area contributed by atoms with Gasteiger partial charge in [0.1, 0.15) is 40.9 Å². The van der Waals surface area contributed by atoms with Crippen LogP contribution >= 0.6 is 0 Å². The van der Waals surface area contributed by atoms with Crippen LogP contribution < -0.4 is 9.47 Å². The van der Waals surface area contributed by atoms with Crippen LogP contribution in [-0.2, 0) is 4.74 Å². The molecule has 0 aromatic heterocycles. The first kappa shape index (κ1) is 19.6. The maximum Gasteiger partial charge on any atom is 0.172 e. The van der Waals surface area contributed by atoms with Gasteiger partial charge in [-0.05, 0) is 44.5 Å². The summed E-state index contributed by atoms with van der Waals surface area (Å²) in [5.41, 5.74) is 1.33. The third-order valence-corrected chi connectivity index (χ3v) is 4.17. The maximum atomic E-state index is 9.59. The number of rotatable bonds is 4. The molecule has 0 aliphatic carbocycles. The van der Waals surface area contributed by atoms with Crippen molar-refractivity contribution in [3.05, 3.63) is 51.8 Å². The van der Waals surface area contributed by atoms with Crippen LogP contribution in [0.5, 0.6) is 11.5 Å². The monoisotopic (exact) mass is 361 g/mol. The summed E-state index contributed by atoms with van der Waals surface area (Å²) >= 11 is 0. The normalized spacial score (nSPS) is 15.0. The highest BCUT2D eigenvalue weighted by molar-refractivity contribution is 5.70. The molecule has 0 N–H and O–H groups in total. The average molecular weight is 361 g/mol. The van der Waals surface area contributed by atoms with Crippen molar-refractivity contribution in [1.82, 2.24) is 0 Å². The Hall–Kier alpha value is -3.69. The van der Waals surface area contributed by atoms with E-state index in [4.69, 9.17) is 24.7 Å². The van der Waals surface area contributed by atoms with Crippen LogP contribution in [-0.4, -0.2) is 19.8 Å². The molecule has 0 amide bonds. The first-order valence-corrected chi connectivity index (χ1v) is 8.12. The molecule has 6 heteroatoms. The van der Waals surface area contributed by atoms with Gasteiger partial charge < -0.3 is 14.2 Å². The van der Waals surface area contributed by atoms with Crippen LogP contribution in [0.3, 0.4) is 0 Å². The van der Waals surface area contributed by atoms with Gasteiger partial charge in [-0.1, -0.05) is 6.08 Å². The molecule has 0 radical (unpaired) electrons. The van der Waals surface area contributed by atoms with E-state index in [1.807, 2.05) is 19.1 Å². The minimum atomic E-state index is -0.874. The second-order valence-electron chi connectivity index (χ2n) is 6.36. The van der Waals surface area contributed by atoms with E-state index in [9.17, 15) is 5.26 Å². The smallest absolute Gasteiger partial charge is 0.172 e. The minimum absolute atomic E-state index is 0.00925. The number of benzene rings is 1. The first-order valence-electron chi connectivity index (χ1n) is 8.12. The SMILES string of the molecule is COc1cc(C)cc(OC)c1/C=C/C1=C(C#N)C(=C(C#N)C#N)OC1(C)C. The molecular weight excluding hydrogens is 342 g/mol. The summed E-state index contributed by atoms with van der Waals surface area (Å²) in [6.45, 7) is 5.48. The molecular formula is C21H19N3O3. The Morgan fingerprint density at radius 1 is 1.04 bits per heavy atom. The highest BCUT2D eigenvalue weighted by Crippen LogP contribution is 2.41. The summed E-state index contributed by atoms with van der Waals surface area (Å²) in [7, 11) is 3.14. The van der Waals surface area contributed by atoms with E-state index in [2.05, 4.69) is 6.07 Å². The zero-order valence-electron chi connectivity index (χ0n) is 15.9. The standard InChI is InChI=1S/C21H19N3O3/c1-13-8-18(25-4)15(19(9-13)26-5)6-7-17-16(12-24)20(14(10-22)11-23)27-21(17,2)3/h6-9H,1-5H3/b7-6+. The van der Waals surface area contributed by atoms with Crippen molar-refractivity contribution in [3.63, 3.8) is 0 Å². The zero-order chi connectivity index (χ0) is 20.2. The van der Waals surface area contributed by atoms with E-state index in [1.165, 1.54) is 0 Å². The second-order valence-corrected chi connectivity index (χ2v) is 6.36. The summed E-state index contributed by atoms with van der Waals surface area (Å²) in [4.78, 5) is 0. The largest absolute Gasteiger partial charge is 0.496 e. The lowest BCUT2D eigenvalue weighted by Gasteiger charge is -2.20. The zero-order valence-corrected chi connectivity index (χ0v) is 15.9. The van der Waals surface area contributed by atoms with E-state index in [0.29, 0.717) is 22.6 Å². The summed E-state index contributed by atoms with van der Waals surface area (Å²) < 4.78 is 16.6. The fourth-order valence-electron chi connectivity index (χ4n) is 2.88. The molecule has 1 aliphatic rings. The van der Waals surface area contributed by atoms with Gasteiger partial charge in [-0.15, -0.1) is 0 Å². The minimum Gasteiger partial charge on any atom is -0.496 e. The van der Waals surface area contributed by atoms with Crippen molar-refractivity contribution >= 4 is 6.08 Å². The Morgan fingerprint density at radius 2 is 1.59 bits per heavy atom. The van der Waals surface area contributed by atoms with Crippen molar-refractivity contribution in [2.24, 2.45) is 0 Å². The first-order chi connectivity index (χ1) is 12.8. The molecule has 1 aromatic rings. The molecule has 6 nitrogen and oxygen atoms in total. The molecule has 27 heavy (non-hydrogen) atoms. The van der Waals surface area contributed by atoms with Crippen molar-refractivity contribution < 1.29 is 14.2 Å². The Bertz CT molecular complexity index is 952. The Labute approximate surface area is 158 Å². The molecule has 0 atom stereocenters. The van der Waals surface area contributed by atoms with Gasteiger partial charge in [-0.25, -0.2) is 0 Å². The van der Waals surface area contributed by atoms with Crippen LogP contribution in [0.2, 0.25) is 0 Å². The predicted octanol–water partition coefficient (Wildman–Crippen LogP) is 3.96. The van der Waals surface area contributed by atoms with Crippen molar-refractivity contribution in [2.45, 2.75) is 26.4 Å². The fourth-order valence-corrected chi connectivity index (χ4v) is 2.88. The fraction of sp³-hybridized carbons (Fsp3) is 0.286. The molecule has 136 valence electrons. The number of nitriles is 3. The van der Waals surface area contributed by atoms with E-state index in [1.54, 1.807) is 52.4 Å². The highest BCUT2D eigenvalue weighted by Gasteiger charge is 2.38. The molecule has 0 spiro atoms. The van der Waals surface area contributed by atoms with Crippen molar-refractivity contribution in [2.75, 3.05) is 14.2 Å². The number of hydrogen-bond acceptors (Lipinski definition) is 6. The van der Waals surface area contributed by atoms with Gasteiger partial charge in [0, 0.05) is 5.57 Å². The number of aryl methyl sites for hydroxylation is 1. The highest BCUT2D eigenvalue weighted by atomic mass is 16.5. The van der Waals surface area contributed by atoms with E-state index >= 15 is 0 Å². The molecule has 1 heterocycles. The van der Waals surface area contributed by atoms with Crippen LogP contribution in [0.25, 0.3) is 6.08 Å². The second kappa shape index (κ2) is 7.68. The summed E-state index contributed by atoms with van der Waals surface area (Å²) in [5.74, 6) is 1.27. The van der Waals surface area contributed by atoms with Crippen LogP contribution in [0.15, 0.2) is 40.7 Å². The van der Waals surface area contributed by atoms with Crippen LogP contribution in [0, 0.1) is 40.9 Å². The number of nitrogens with zero attached hydrogens (tertiary/aromatic N) is 3. The van der Waals surface area contributed by atoms with Gasteiger partial charge in [0.25, 0.3) is 0 Å². The number of hydrogen-bond donors (Lipinski definition) is 0. The average Bonchev–Trinajstić information content (AvgIpc) is 2.90. The van der Waals surface area contributed by atoms with Gasteiger partial charge in [0.05, 0.1) is 19.8 Å². The summed E-state index contributed by atoms with van der Waals surface area (Å²) in [6, 6.07) is 9.37. The predicted molar refractivity (Wildman–Crippen MR) is 99.4 cm³/mol. The molecule has 0 saturated heterocycles. The van der Waals surface area contributed by atoms with Gasteiger partial charge in [0.2, 0.25) is 0 Å². The molecule has 0 saturated carbocycles. The molecule has 2 rings (SSSR count). The summed E-state index contributed by atoms with van der Waals surface area (Å²) in [5, 5.41) is 27.9. The van der Waals surface area contributed by atoms with E-state index < -0.39 is 5.60 Å². The number of allylic oxidation sites excluding steroid dienone is 2. The van der Waals surface area contributed by atoms with Gasteiger partial charge in [-0.3, -0.25) is 0 Å². The van der Waals surface area contributed by atoms with Crippen LogP contribution in [0.4, 0.5) is 0 Å². The van der Waals surface area contributed by atoms with Crippen molar-refractivity contribution in [1.29, 1.82) is 15.8 Å². The quantitative estimate of drug-likeness (QED) is 0.753. The molecule has 0 bridgehead atoms. The Morgan fingerprint density at radius 3 is 2.04 bits per heavy atom. The lowest BCUT2D eigenvalue weighted by Crippen LogP contribution is -2.20. The molecule has 0 fully saturated rings. The molecule has 1 aliphatic heterocycles. The lowest BCUT2D eigenvalue weighted by molar-refractivity contribution is 0.0954. The van der Waals surface area contributed by atoms with Crippen LogP contribution in [0.1, 0.15) is 25.0 Å². The maximum absolute atomic E-state index is 9.59. The number of ether oxygens (including phenoxy) is 3. The number of methoxy groups -OCH3 is 2. The van der Waals surface area contributed by atoms with Gasteiger partial charge in [-0.2, -0.15) is 15.8 Å². The Balaban J connectivity index is 2.67. The Kier molecular flexibility index (Phi) is 5.59. The molecule has 1 aromatic carbocycles. The van der Waals surface area contributed by atoms with E-state index in [-0.39, 0.29) is 16.9 Å².